The third-order valence-electron chi connectivity index (χ3n) is 8.86. The molecule has 1 aromatic heterocycles. The first-order chi connectivity index (χ1) is 18.9. The zero-order chi connectivity index (χ0) is 27.5. The van der Waals surface area contributed by atoms with E-state index in [1.807, 2.05) is 18.7 Å². The summed E-state index contributed by atoms with van der Waals surface area (Å²) in [7, 11) is 0. The fourth-order valence-corrected chi connectivity index (χ4v) is 7.18. The number of thiazole rings is 1. The van der Waals surface area contributed by atoms with Crippen molar-refractivity contribution in [3.8, 4) is 0 Å². The molecule has 7 nitrogen and oxygen atoms in total. The summed E-state index contributed by atoms with van der Waals surface area (Å²) < 4.78 is 13.4. The van der Waals surface area contributed by atoms with Gasteiger partial charge >= 0.3 is 0 Å². The van der Waals surface area contributed by atoms with Crippen LogP contribution < -0.4 is 5.32 Å². The van der Waals surface area contributed by atoms with Crippen molar-refractivity contribution in [2.75, 3.05) is 19.6 Å². The van der Waals surface area contributed by atoms with Gasteiger partial charge in [-0.15, -0.1) is 11.3 Å². The van der Waals surface area contributed by atoms with Gasteiger partial charge in [-0.25, -0.2) is 9.37 Å². The zero-order valence-corrected chi connectivity index (χ0v) is 23.7. The van der Waals surface area contributed by atoms with Crippen molar-refractivity contribution in [1.29, 1.82) is 0 Å². The standard InChI is InChI=1S/C30H39FN4O3S/c1-3-19(2)28(37)33-26(20-8-5-4-6-9-20)30(38)35-16-23-10-7-15-34(23)17-25(35)29-32-24(18-39-29)27(36)21-11-13-22(31)14-12-21/h11-14,18-20,23,25-26H,3-10,15-17H2,1-2H3,(H,33,37)/t19-,23-,25+,26+/m1/s1. The molecule has 1 N–H and O–H groups in total. The van der Waals surface area contributed by atoms with Gasteiger partial charge in [-0.05, 0) is 68.8 Å². The van der Waals surface area contributed by atoms with Crippen molar-refractivity contribution in [3.05, 3.63) is 51.7 Å². The third kappa shape index (κ3) is 6.09. The number of fused-ring (bicyclic) bond motifs is 1. The number of nitrogens with zero attached hydrogens (tertiary/aromatic N) is 3. The molecule has 9 heteroatoms. The summed E-state index contributed by atoms with van der Waals surface area (Å²) in [5, 5.41) is 5.64. The van der Waals surface area contributed by atoms with Crippen molar-refractivity contribution in [3.63, 3.8) is 0 Å². The second kappa shape index (κ2) is 12.3. The molecule has 1 aromatic carbocycles. The van der Waals surface area contributed by atoms with Crippen LogP contribution in [0.2, 0.25) is 0 Å². The molecule has 1 aliphatic carbocycles. The van der Waals surface area contributed by atoms with Crippen LogP contribution in [-0.2, 0) is 9.59 Å². The first-order valence-corrected chi connectivity index (χ1v) is 15.3. The number of ketones is 1. The van der Waals surface area contributed by atoms with Crippen LogP contribution in [0, 0.1) is 17.7 Å². The summed E-state index contributed by atoms with van der Waals surface area (Å²) in [6.45, 7) is 6.17. The molecule has 3 fully saturated rings. The van der Waals surface area contributed by atoms with E-state index in [4.69, 9.17) is 4.98 Å². The van der Waals surface area contributed by atoms with E-state index in [0.717, 1.165) is 56.5 Å². The minimum Gasteiger partial charge on any atom is -0.344 e. The number of halogens is 1. The molecule has 4 atom stereocenters. The van der Waals surface area contributed by atoms with Gasteiger partial charge in [0.25, 0.3) is 0 Å². The molecule has 3 heterocycles. The quantitative estimate of drug-likeness (QED) is 0.466. The van der Waals surface area contributed by atoms with E-state index in [2.05, 4.69) is 10.2 Å². The fourth-order valence-electron chi connectivity index (χ4n) is 6.27. The van der Waals surface area contributed by atoms with Crippen LogP contribution in [-0.4, -0.2) is 64.1 Å². The largest absolute Gasteiger partial charge is 0.344 e. The number of nitrogens with one attached hydrogen (secondary N) is 1. The lowest BCUT2D eigenvalue weighted by molar-refractivity contribution is -0.144. The summed E-state index contributed by atoms with van der Waals surface area (Å²) in [4.78, 5) is 49.6. The third-order valence-corrected chi connectivity index (χ3v) is 9.81. The maximum Gasteiger partial charge on any atom is 0.246 e. The number of amides is 2. The molecule has 5 rings (SSSR count). The minimum atomic E-state index is -0.539. The normalized spacial score (nSPS) is 23.7. The van der Waals surface area contributed by atoms with Gasteiger partial charge < -0.3 is 10.2 Å². The van der Waals surface area contributed by atoms with Crippen molar-refractivity contribution >= 4 is 28.9 Å². The molecule has 1 saturated carbocycles. The lowest BCUT2D eigenvalue weighted by Gasteiger charge is -2.45. The molecule has 0 bridgehead atoms. The molecule has 0 radical (unpaired) electrons. The Morgan fingerprint density at radius 1 is 1.08 bits per heavy atom. The Labute approximate surface area is 234 Å². The Kier molecular flexibility index (Phi) is 8.76. The molecule has 0 unspecified atom stereocenters. The first-order valence-electron chi connectivity index (χ1n) is 14.5. The van der Waals surface area contributed by atoms with Crippen LogP contribution in [0.1, 0.15) is 92.3 Å². The average molecular weight is 555 g/mol. The first kappa shape index (κ1) is 27.9. The molecule has 2 amide bonds. The van der Waals surface area contributed by atoms with Gasteiger partial charge in [0.1, 0.15) is 22.6 Å². The Morgan fingerprint density at radius 2 is 1.82 bits per heavy atom. The molecular weight excluding hydrogens is 515 g/mol. The average Bonchev–Trinajstić information content (AvgIpc) is 3.64. The Hall–Kier alpha value is -2.65. The molecular formula is C30H39FN4O3S. The number of hydrogen-bond acceptors (Lipinski definition) is 6. The second-order valence-electron chi connectivity index (χ2n) is 11.4. The highest BCUT2D eigenvalue weighted by atomic mass is 32.1. The number of carbonyl (C=O) groups excluding carboxylic acids is 3. The topological polar surface area (TPSA) is 82.6 Å². The number of aromatic nitrogens is 1. The minimum absolute atomic E-state index is 0.0169. The van der Waals surface area contributed by atoms with Crippen LogP contribution in [0.4, 0.5) is 4.39 Å². The molecule has 2 aliphatic heterocycles. The molecule has 3 aliphatic rings. The molecule has 2 saturated heterocycles. The van der Waals surface area contributed by atoms with Gasteiger partial charge in [0.15, 0.2) is 0 Å². The van der Waals surface area contributed by atoms with E-state index < -0.39 is 11.9 Å². The van der Waals surface area contributed by atoms with Crippen molar-refractivity contribution < 1.29 is 18.8 Å². The molecule has 210 valence electrons. The van der Waals surface area contributed by atoms with Gasteiger partial charge in [-0.3, -0.25) is 19.3 Å². The highest BCUT2D eigenvalue weighted by Gasteiger charge is 2.44. The Morgan fingerprint density at radius 3 is 2.54 bits per heavy atom. The lowest BCUT2D eigenvalue weighted by Crippen LogP contribution is -2.60. The van der Waals surface area contributed by atoms with Crippen molar-refractivity contribution in [1.82, 2.24) is 20.1 Å². The number of benzene rings is 1. The Bertz CT molecular complexity index is 1180. The smallest absolute Gasteiger partial charge is 0.246 e. The number of rotatable bonds is 8. The highest BCUT2D eigenvalue weighted by Crippen LogP contribution is 2.36. The SMILES string of the molecule is CC[C@@H](C)C(=O)N[C@H](C(=O)N1C[C@H]2CCCN2C[C@H]1c1nc(C(=O)c2ccc(F)cc2)cs1)C1CCCCC1. The van der Waals surface area contributed by atoms with Gasteiger partial charge in [-0.1, -0.05) is 33.1 Å². The highest BCUT2D eigenvalue weighted by molar-refractivity contribution is 7.10. The number of piperazine rings is 1. The van der Waals surface area contributed by atoms with Gasteiger partial charge in [0, 0.05) is 36.0 Å². The predicted octanol–water partition coefficient (Wildman–Crippen LogP) is 4.97. The van der Waals surface area contributed by atoms with E-state index in [-0.39, 0.29) is 35.5 Å². The number of hydrogen-bond donors (Lipinski definition) is 1. The van der Waals surface area contributed by atoms with Gasteiger partial charge in [0.2, 0.25) is 17.6 Å². The fraction of sp³-hybridized carbons (Fsp3) is 0.600. The Balaban J connectivity index is 1.43. The zero-order valence-electron chi connectivity index (χ0n) is 22.9. The van der Waals surface area contributed by atoms with E-state index in [0.29, 0.717) is 30.4 Å². The van der Waals surface area contributed by atoms with Crippen LogP contribution in [0.15, 0.2) is 29.6 Å². The van der Waals surface area contributed by atoms with Crippen LogP contribution in [0.5, 0.6) is 0 Å². The predicted molar refractivity (Wildman–Crippen MR) is 149 cm³/mol. The van der Waals surface area contributed by atoms with E-state index in [1.54, 1.807) is 5.38 Å². The number of carbonyl (C=O) groups is 3. The summed E-state index contributed by atoms with van der Waals surface area (Å²) in [5.41, 5.74) is 0.695. The van der Waals surface area contributed by atoms with E-state index in [9.17, 15) is 18.8 Å². The maximum atomic E-state index is 14.4. The van der Waals surface area contributed by atoms with Crippen molar-refractivity contribution in [2.45, 2.75) is 83.3 Å². The molecule has 39 heavy (non-hydrogen) atoms. The maximum absolute atomic E-state index is 14.4. The lowest BCUT2D eigenvalue weighted by atomic mass is 9.82. The summed E-state index contributed by atoms with van der Waals surface area (Å²) in [5.74, 6) is -0.740. The van der Waals surface area contributed by atoms with Crippen molar-refractivity contribution in [2.24, 2.45) is 11.8 Å². The van der Waals surface area contributed by atoms with Crippen LogP contribution >= 0.6 is 11.3 Å². The molecule has 2 aromatic rings. The summed E-state index contributed by atoms with van der Waals surface area (Å²) >= 11 is 1.39. The second-order valence-corrected chi connectivity index (χ2v) is 12.3. The van der Waals surface area contributed by atoms with Crippen LogP contribution in [0.3, 0.4) is 0 Å². The summed E-state index contributed by atoms with van der Waals surface area (Å²) in [6.07, 6.45) is 8.09. The van der Waals surface area contributed by atoms with Crippen LogP contribution in [0.25, 0.3) is 0 Å². The van der Waals surface area contributed by atoms with Gasteiger partial charge in [-0.2, -0.15) is 0 Å². The monoisotopic (exact) mass is 554 g/mol. The van der Waals surface area contributed by atoms with E-state index >= 15 is 0 Å². The van der Waals surface area contributed by atoms with Gasteiger partial charge in [0.05, 0.1) is 6.04 Å². The molecule has 0 spiro atoms. The summed E-state index contributed by atoms with van der Waals surface area (Å²) in [6, 6.07) is 4.97. The van der Waals surface area contributed by atoms with E-state index in [1.165, 1.54) is 42.0 Å².